The van der Waals surface area contributed by atoms with Gasteiger partial charge in [0.1, 0.15) is 11.4 Å². The maximum absolute atomic E-state index is 13.3. The molecule has 0 spiro atoms. The maximum atomic E-state index is 13.3. The number of pyridine rings is 2. The van der Waals surface area contributed by atoms with Crippen molar-refractivity contribution in [2.45, 2.75) is 18.4 Å². The van der Waals surface area contributed by atoms with E-state index in [1.807, 2.05) is 18.2 Å². The molecule has 0 bridgehead atoms. The van der Waals surface area contributed by atoms with Gasteiger partial charge in [-0.2, -0.15) is 4.98 Å². The van der Waals surface area contributed by atoms with E-state index in [1.54, 1.807) is 24.5 Å². The standard InChI is InChI=1S/C18H13F2N5O/c19-18(20)9-15(23-11-18)17-24-16(25-26-17)14-7-5-12(10-22-14)4-6-13-3-1-2-8-21-13/h1-3,5,7-8,10,15,23H,9,11H2. The zero-order valence-electron chi connectivity index (χ0n) is 13.5. The SMILES string of the molecule is FC1(F)CNC(c2nc(-c3ccc(C#Cc4ccccn4)cn3)no2)C1. The summed E-state index contributed by atoms with van der Waals surface area (Å²) < 4.78 is 31.6. The molecule has 8 heteroatoms. The lowest BCUT2D eigenvalue weighted by molar-refractivity contribution is 0.0200. The summed E-state index contributed by atoms with van der Waals surface area (Å²) in [5.74, 6) is 3.53. The van der Waals surface area contributed by atoms with Crippen LogP contribution in [0.1, 0.15) is 29.6 Å². The fraction of sp³-hybridized carbons (Fsp3) is 0.222. The van der Waals surface area contributed by atoms with Crippen molar-refractivity contribution in [1.29, 1.82) is 0 Å². The zero-order valence-corrected chi connectivity index (χ0v) is 13.5. The molecular formula is C18H13F2N5O. The molecule has 0 radical (unpaired) electrons. The quantitative estimate of drug-likeness (QED) is 0.714. The largest absolute Gasteiger partial charge is 0.337 e. The van der Waals surface area contributed by atoms with Crippen LogP contribution in [0, 0.1) is 11.8 Å². The Balaban J connectivity index is 1.49. The average molecular weight is 353 g/mol. The van der Waals surface area contributed by atoms with Crippen LogP contribution in [0.15, 0.2) is 47.2 Å². The Morgan fingerprint density at radius 1 is 1.15 bits per heavy atom. The van der Waals surface area contributed by atoms with Crippen LogP contribution in [-0.4, -0.2) is 32.6 Å². The van der Waals surface area contributed by atoms with Gasteiger partial charge in [-0.05, 0) is 30.2 Å². The second-order valence-electron chi connectivity index (χ2n) is 5.85. The molecule has 1 fully saturated rings. The third kappa shape index (κ3) is 3.58. The van der Waals surface area contributed by atoms with E-state index >= 15 is 0 Å². The highest BCUT2D eigenvalue weighted by Gasteiger charge is 2.42. The van der Waals surface area contributed by atoms with Gasteiger partial charge in [-0.15, -0.1) is 0 Å². The summed E-state index contributed by atoms with van der Waals surface area (Å²) in [5.41, 5.74) is 1.86. The molecule has 26 heavy (non-hydrogen) atoms. The van der Waals surface area contributed by atoms with E-state index in [9.17, 15) is 8.78 Å². The zero-order chi connectivity index (χ0) is 18.0. The van der Waals surface area contributed by atoms with Crippen molar-refractivity contribution in [2.24, 2.45) is 0 Å². The van der Waals surface area contributed by atoms with Crippen LogP contribution in [0.5, 0.6) is 0 Å². The van der Waals surface area contributed by atoms with Crippen molar-refractivity contribution in [3.05, 3.63) is 59.9 Å². The predicted octanol–water partition coefficient (Wildman–Crippen LogP) is 2.60. The third-order valence-electron chi connectivity index (χ3n) is 3.84. The molecule has 130 valence electrons. The first-order valence-corrected chi connectivity index (χ1v) is 7.93. The lowest BCUT2D eigenvalue weighted by Crippen LogP contribution is -2.19. The highest BCUT2D eigenvalue weighted by Crippen LogP contribution is 2.33. The first-order valence-electron chi connectivity index (χ1n) is 7.93. The summed E-state index contributed by atoms with van der Waals surface area (Å²) in [6.45, 7) is -0.392. The van der Waals surface area contributed by atoms with Crippen molar-refractivity contribution in [3.8, 4) is 23.4 Å². The van der Waals surface area contributed by atoms with Gasteiger partial charge in [0.2, 0.25) is 11.7 Å². The monoisotopic (exact) mass is 353 g/mol. The highest BCUT2D eigenvalue weighted by atomic mass is 19.3. The van der Waals surface area contributed by atoms with Crippen LogP contribution < -0.4 is 5.32 Å². The van der Waals surface area contributed by atoms with Crippen molar-refractivity contribution in [2.75, 3.05) is 6.54 Å². The fourth-order valence-corrected chi connectivity index (χ4v) is 2.54. The number of alkyl halides is 2. The molecule has 1 atom stereocenters. The summed E-state index contributed by atoms with van der Waals surface area (Å²) in [6.07, 6.45) is 2.90. The summed E-state index contributed by atoms with van der Waals surface area (Å²) in [5, 5.41) is 6.50. The molecule has 3 aromatic heterocycles. The highest BCUT2D eigenvalue weighted by molar-refractivity contribution is 5.50. The van der Waals surface area contributed by atoms with Gasteiger partial charge in [0.25, 0.3) is 5.92 Å². The molecule has 1 unspecified atom stereocenters. The Morgan fingerprint density at radius 2 is 2.08 bits per heavy atom. The molecule has 1 aliphatic rings. The molecule has 0 aromatic carbocycles. The molecule has 0 aliphatic carbocycles. The lowest BCUT2D eigenvalue weighted by atomic mass is 10.2. The molecule has 3 aromatic rings. The number of nitrogens with one attached hydrogen (secondary N) is 1. The number of hydrogen-bond donors (Lipinski definition) is 1. The Labute approximate surface area is 147 Å². The van der Waals surface area contributed by atoms with Crippen LogP contribution in [0.3, 0.4) is 0 Å². The topological polar surface area (TPSA) is 76.7 Å². The summed E-state index contributed by atoms with van der Waals surface area (Å²) in [6, 6.07) is 8.33. The Hall–Kier alpha value is -3.18. The predicted molar refractivity (Wildman–Crippen MR) is 88.1 cm³/mol. The van der Waals surface area contributed by atoms with E-state index in [-0.39, 0.29) is 18.1 Å². The van der Waals surface area contributed by atoms with Gasteiger partial charge < -0.3 is 4.52 Å². The van der Waals surface area contributed by atoms with E-state index in [2.05, 4.69) is 37.3 Å². The normalized spacial score (nSPS) is 18.3. The van der Waals surface area contributed by atoms with Gasteiger partial charge in [-0.3, -0.25) is 10.3 Å². The van der Waals surface area contributed by atoms with E-state index < -0.39 is 18.5 Å². The second kappa shape index (κ2) is 6.61. The van der Waals surface area contributed by atoms with Gasteiger partial charge in [0.05, 0.1) is 12.6 Å². The van der Waals surface area contributed by atoms with Crippen molar-refractivity contribution in [3.63, 3.8) is 0 Å². The number of aromatic nitrogens is 4. The van der Waals surface area contributed by atoms with Crippen molar-refractivity contribution >= 4 is 0 Å². The lowest BCUT2D eigenvalue weighted by Gasteiger charge is -2.04. The van der Waals surface area contributed by atoms with Gasteiger partial charge in [0, 0.05) is 24.4 Å². The van der Waals surface area contributed by atoms with Crippen LogP contribution >= 0.6 is 0 Å². The van der Waals surface area contributed by atoms with Crippen LogP contribution in [0.2, 0.25) is 0 Å². The van der Waals surface area contributed by atoms with Crippen LogP contribution in [-0.2, 0) is 0 Å². The Morgan fingerprint density at radius 3 is 2.77 bits per heavy atom. The first kappa shape index (κ1) is 16.3. The molecule has 1 aliphatic heterocycles. The maximum Gasteiger partial charge on any atom is 0.262 e. The van der Waals surface area contributed by atoms with E-state index in [0.717, 1.165) is 0 Å². The molecular weight excluding hydrogens is 340 g/mol. The number of rotatable bonds is 2. The van der Waals surface area contributed by atoms with Gasteiger partial charge >= 0.3 is 0 Å². The Kier molecular flexibility index (Phi) is 4.14. The smallest absolute Gasteiger partial charge is 0.262 e. The second-order valence-corrected chi connectivity index (χ2v) is 5.85. The number of hydrogen-bond acceptors (Lipinski definition) is 6. The first-order chi connectivity index (χ1) is 12.6. The minimum Gasteiger partial charge on any atom is -0.337 e. The van der Waals surface area contributed by atoms with Crippen LogP contribution in [0.4, 0.5) is 8.78 Å². The molecule has 1 saturated heterocycles. The summed E-state index contributed by atoms with van der Waals surface area (Å²) in [7, 11) is 0. The Bertz CT molecular complexity index is 960. The molecule has 4 rings (SSSR count). The number of halogens is 2. The molecule has 0 amide bonds. The van der Waals surface area contributed by atoms with Crippen molar-refractivity contribution < 1.29 is 13.3 Å². The van der Waals surface area contributed by atoms with Gasteiger partial charge in [-0.1, -0.05) is 17.1 Å². The van der Waals surface area contributed by atoms with Crippen LogP contribution in [0.25, 0.3) is 11.5 Å². The van der Waals surface area contributed by atoms with Gasteiger partial charge in [-0.25, -0.2) is 13.8 Å². The summed E-state index contributed by atoms with van der Waals surface area (Å²) >= 11 is 0. The average Bonchev–Trinajstić information content (AvgIpc) is 3.28. The minimum atomic E-state index is -2.76. The molecule has 4 heterocycles. The third-order valence-corrected chi connectivity index (χ3v) is 3.84. The molecule has 0 saturated carbocycles. The van der Waals surface area contributed by atoms with Crippen molar-refractivity contribution in [1.82, 2.24) is 25.4 Å². The molecule has 6 nitrogen and oxygen atoms in total. The number of nitrogens with zero attached hydrogens (tertiary/aromatic N) is 4. The van der Waals surface area contributed by atoms with E-state index in [0.29, 0.717) is 17.0 Å². The van der Waals surface area contributed by atoms with Gasteiger partial charge in [0.15, 0.2) is 0 Å². The van der Waals surface area contributed by atoms with E-state index in [4.69, 9.17) is 4.52 Å². The minimum absolute atomic E-state index is 0.137. The fourth-order valence-electron chi connectivity index (χ4n) is 2.54. The molecule has 1 N–H and O–H groups in total. The van der Waals surface area contributed by atoms with E-state index in [1.165, 1.54) is 0 Å². The summed E-state index contributed by atoms with van der Waals surface area (Å²) in [4.78, 5) is 12.5.